The second kappa shape index (κ2) is 4.88. The van der Waals surface area contributed by atoms with Crippen molar-refractivity contribution in [2.45, 2.75) is 33.1 Å². The first-order valence-corrected chi connectivity index (χ1v) is 5.16. The summed E-state index contributed by atoms with van der Waals surface area (Å²) in [5, 5.41) is 27.8. The second-order valence-electron chi connectivity index (χ2n) is 3.92. The van der Waals surface area contributed by atoms with Crippen LogP contribution >= 0.6 is 0 Å². The molecule has 88 valence electrons. The van der Waals surface area contributed by atoms with Crippen molar-refractivity contribution in [1.29, 1.82) is 0 Å². The minimum absolute atomic E-state index is 0.0626. The van der Waals surface area contributed by atoms with Crippen LogP contribution in [0.3, 0.4) is 0 Å². The summed E-state index contributed by atoms with van der Waals surface area (Å²) in [4.78, 5) is 10.4. The van der Waals surface area contributed by atoms with Gasteiger partial charge < -0.3 is 15.3 Å². The van der Waals surface area contributed by atoms with Crippen LogP contribution in [-0.4, -0.2) is 21.3 Å². The summed E-state index contributed by atoms with van der Waals surface area (Å²) in [6, 6.07) is 1.78. The molecule has 0 atom stereocenters. The van der Waals surface area contributed by atoms with Gasteiger partial charge in [0, 0.05) is 6.42 Å². The zero-order valence-corrected chi connectivity index (χ0v) is 9.45. The summed E-state index contributed by atoms with van der Waals surface area (Å²) in [5.74, 6) is -1.09. The molecule has 1 aromatic carbocycles. The fraction of sp³-hybridized carbons (Fsp3) is 0.417. The fourth-order valence-electron chi connectivity index (χ4n) is 1.58. The van der Waals surface area contributed by atoms with Crippen LogP contribution in [0.2, 0.25) is 0 Å². The Morgan fingerprint density at radius 1 is 1.25 bits per heavy atom. The Bertz CT molecular complexity index is 410. The van der Waals surface area contributed by atoms with Gasteiger partial charge in [-0.05, 0) is 43.4 Å². The standard InChI is InChI=1S/C12H16O4/c1-7-6-9(4-3-5-10(13)14)12(16)11(15)8(7)2/h6,15-16H,3-5H2,1-2H3,(H,13,14). The summed E-state index contributed by atoms with van der Waals surface area (Å²) < 4.78 is 0. The number of carbonyl (C=O) groups is 1. The maximum Gasteiger partial charge on any atom is 0.303 e. The molecule has 0 aliphatic carbocycles. The number of phenols is 2. The van der Waals surface area contributed by atoms with E-state index < -0.39 is 5.97 Å². The Kier molecular flexibility index (Phi) is 3.77. The van der Waals surface area contributed by atoms with Crippen molar-refractivity contribution in [3.8, 4) is 11.5 Å². The normalized spacial score (nSPS) is 10.4. The van der Waals surface area contributed by atoms with E-state index in [0.29, 0.717) is 24.0 Å². The summed E-state index contributed by atoms with van der Waals surface area (Å²) >= 11 is 0. The van der Waals surface area contributed by atoms with Crippen molar-refractivity contribution >= 4 is 5.97 Å². The van der Waals surface area contributed by atoms with Gasteiger partial charge in [0.15, 0.2) is 11.5 Å². The van der Waals surface area contributed by atoms with E-state index in [1.165, 1.54) is 0 Å². The molecule has 0 aliphatic rings. The minimum Gasteiger partial charge on any atom is -0.504 e. The van der Waals surface area contributed by atoms with Crippen molar-refractivity contribution in [3.63, 3.8) is 0 Å². The lowest BCUT2D eigenvalue weighted by molar-refractivity contribution is -0.137. The smallest absolute Gasteiger partial charge is 0.303 e. The molecule has 0 saturated carbocycles. The number of aryl methyl sites for hydroxylation is 2. The maximum atomic E-state index is 10.4. The molecule has 4 heteroatoms. The zero-order valence-electron chi connectivity index (χ0n) is 9.45. The van der Waals surface area contributed by atoms with Crippen molar-refractivity contribution in [2.75, 3.05) is 0 Å². The average molecular weight is 224 g/mol. The van der Waals surface area contributed by atoms with E-state index in [9.17, 15) is 15.0 Å². The van der Waals surface area contributed by atoms with Gasteiger partial charge in [-0.3, -0.25) is 4.79 Å². The highest BCUT2D eigenvalue weighted by atomic mass is 16.4. The van der Waals surface area contributed by atoms with Crippen molar-refractivity contribution in [3.05, 3.63) is 22.8 Å². The molecule has 16 heavy (non-hydrogen) atoms. The van der Waals surface area contributed by atoms with Gasteiger partial charge in [0.25, 0.3) is 0 Å². The highest BCUT2D eigenvalue weighted by molar-refractivity contribution is 5.66. The average Bonchev–Trinajstić information content (AvgIpc) is 2.22. The fourth-order valence-corrected chi connectivity index (χ4v) is 1.58. The topological polar surface area (TPSA) is 77.8 Å². The lowest BCUT2D eigenvalue weighted by Crippen LogP contribution is -1.97. The Morgan fingerprint density at radius 2 is 1.88 bits per heavy atom. The number of benzene rings is 1. The van der Waals surface area contributed by atoms with E-state index in [1.54, 1.807) is 13.0 Å². The summed E-state index contributed by atoms with van der Waals surface area (Å²) in [6.45, 7) is 3.57. The molecule has 0 aliphatic heterocycles. The first kappa shape index (κ1) is 12.4. The Hall–Kier alpha value is -1.71. The number of carboxylic acid groups (broad SMARTS) is 1. The Morgan fingerprint density at radius 3 is 2.44 bits per heavy atom. The molecule has 1 aromatic rings. The molecular weight excluding hydrogens is 208 g/mol. The van der Waals surface area contributed by atoms with Crippen LogP contribution in [0.5, 0.6) is 11.5 Å². The van der Waals surface area contributed by atoms with Gasteiger partial charge in [0.05, 0.1) is 0 Å². The van der Waals surface area contributed by atoms with Crippen LogP contribution in [0.25, 0.3) is 0 Å². The molecule has 0 unspecified atom stereocenters. The molecule has 0 fully saturated rings. The first-order valence-electron chi connectivity index (χ1n) is 5.16. The number of aliphatic carboxylic acids is 1. The first-order chi connectivity index (χ1) is 7.43. The van der Waals surface area contributed by atoms with Crippen molar-refractivity contribution in [2.24, 2.45) is 0 Å². The highest BCUT2D eigenvalue weighted by Crippen LogP contribution is 2.35. The Balaban J connectivity index is 2.85. The molecule has 1 rings (SSSR count). The van der Waals surface area contributed by atoms with Crippen molar-refractivity contribution < 1.29 is 20.1 Å². The van der Waals surface area contributed by atoms with E-state index >= 15 is 0 Å². The number of hydrogen-bond acceptors (Lipinski definition) is 3. The third-order valence-corrected chi connectivity index (χ3v) is 2.70. The van der Waals surface area contributed by atoms with Crippen LogP contribution < -0.4 is 0 Å². The number of hydrogen-bond donors (Lipinski definition) is 3. The number of phenolic OH excluding ortho intramolecular Hbond substituents is 2. The minimum atomic E-state index is -0.854. The van der Waals surface area contributed by atoms with E-state index in [1.807, 2.05) is 6.92 Å². The van der Waals surface area contributed by atoms with E-state index in [4.69, 9.17) is 5.11 Å². The lowest BCUT2D eigenvalue weighted by Gasteiger charge is -2.10. The van der Waals surface area contributed by atoms with Gasteiger partial charge >= 0.3 is 5.97 Å². The van der Waals surface area contributed by atoms with Gasteiger partial charge in [0.1, 0.15) is 0 Å². The second-order valence-corrected chi connectivity index (χ2v) is 3.92. The quantitative estimate of drug-likeness (QED) is 0.684. The molecule has 0 radical (unpaired) electrons. The predicted molar refractivity (Wildman–Crippen MR) is 59.8 cm³/mol. The molecule has 0 amide bonds. The third kappa shape index (κ3) is 2.66. The molecule has 4 nitrogen and oxygen atoms in total. The third-order valence-electron chi connectivity index (χ3n) is 2.70. The molecule has 0 aromatic heterocycles. The molecule has 3 N–H and O–H groups in total. The van der Waals surface area contributed by atoms with Crippen molar-refractivity contribution in [1.82, 2.24) is 0 Å². The van der Waals surface area contributed by atoms with Crippen LogP contribution in [0.15, 0.2) is 6.07 Å². The van der Waals surface area contributed by atoms with E-state index in [0.717, 1.165) is 5.56 Å². The van der Waals surface area contributed by atoms with E-state index in [2.05, 4.69) is 0 Å². The summed E-state index contributed by atoms with van der Waals surface area (Å²) in [6.07, 6.45) is 0.963. The largest absolute Gasteiger partial charge is 0.504 e. The lowest BCUT2D eigenvalue weighted by atomic mass is 10.00. The molecular formula is C12H16O4. The van der Waals surface area contributed by atoms with Gasteiger partial charge in [-0.15, -0.1) is 0 Å². The molecule has 0 heterocycles. The van der Waals surface area contributed by atoms with Crippen LogP contribution in [0.4, 0.5) is 0 Å². The SMILES string of the molecule is Cc1cc(CCCC(=O)O)c(O)c(O)c1C. The van der Waals surface area contributed by atoms with Crippen LogP contribution in [0, 0.1) is 13.8 Å². The number of rotatable bonds is 4. The zero-order chi connectivity index (χ0) is 12.3. The predicted octanol–water partition coefficient (Wildman–Crippen LogP) is 2.12. The van der Waals surface area contributed by atoms with Gasteiger partial charge in [-0.1, -0.05) is 6.07 Å². The van der Waals surface area contributed by atoms with Crippen LogP contribution in [0.1, 0.15) is 29.5 Å². The maximum absolute atomic E-state index is 10.4. The van der Waals surface area contributed by atoms with E-state index in [-0.39, 0.29) is 17.9 Å². The highest BCUT2D eigenvalue weighted by Gasteiger charge is 2.12. The monoisotopic (exact) mass is 224 g/mol. The molecule has 0 saturated heterocycles. The number of aromatic hydroxyl groups is 2. The van der Waals surface area contributed by atoms with Gasteiger partial charge in [-0.2, -0.15) is 0 Å². The molecule has 0 spiro atoms. The van der Waals surface area contributed by atoms with Gasteiger partial charge in [0.2, 0.25) is 0 Å². The Labute approximate surface area is 94.2 Å². The van der Waals surface area contributed by atoms with Crippen LogP contribution in [-0.2, 0) is 11.2 Å². The van der Waals surface area contributed by atoms with Gasteiger partial charge in [-0.25, -0.2) is 0 Å². The number of carboxylic acids is 1. The summed E-state index contributed by atoms with van der Waals surface area (Å²) in [7, 11) is 0. The molecule has 0 bridgehead atoms. The summed E-state index contributed by atoms with van der Waals surface area (Å²) in [5.41, 5.74) is 2.14.